The fraction of sp³-hybridized carbons (Fsp3) is 0.732. The molecule has 0 radical (unpaired) electrons. The van der Waals surface area contributed by atoms with Crippen molar-refractivity contribution in [3.63, 3.8) is 0 Å². The summed E-state index contributed by atoms with van der Waals surface area (Å²) in [4.78, 5) is 42.0. The van der Waals surface area contributed by atoms with Crippen LogP contribution in [-0.2, 0) is 62.3 Å². The second kappa shape index (κ2) is 36.7. The van der Waals surface area contributed by atoms with Crippen molar-refractivity contribution in [3.05, 3.63) is 47.5 Å². The molecule has 0 aliphatic carbocycles. The molecule has 0 saturated carbocycles. The van der Waals surface area contributed by atoms with Crippen molar-refractivity contribution in [2.75, 3.05) is 165 Å². The van der Waals surface area contributed by atoms with E-state index in [1.165, 1.54) is 9.80 Å². The summed E-state index contributed by atoms with van der Waals surface area (Å²) in [5, 5.41) is 0. The van der Waals surface area contributed by atoms with Gasteiger partial charge in [-0.05, 0) is 37.5 Å². The molecular weight excluding hydrogens is 809 g/mol. The molecule has 0 unspecified atom stereocenters. The number of amides is 2. The van der Waals surface area contributed by atoms with Crippen LogP contribution in [0, 0.1) is 0 Å². The van der Waals surface area contributed by atoms with E-state index in [9.17, 15) is 22.8 Å². The quantitative estimate of drug-likeness (QED) is 0.0434. The zero-order chi connectivity index (χ0) is 44.1. The summed E-state index contributed by atoms with van der Waals surface area (Å²) in [6.45, 7) is 16.5. The van der Waals surface area contributed by atoms with E-state index in [0.717, 1.165) is 0 Å². The first-order valence-electron chi connectivity index (χ1n) is 20.6. The van der Waals surface area contributed by atoms with E-state index in [1.54, 1.807) is 38.3 Å². The predicted molar refractivity (Wildman–Crippen MR) is 223 cm³/mol. The van der Waals surface area contributed by atoms with Crippen LogP contribution in [0.5, 0.6) is 0 Å². The lowest BCUT2D eigenvalue weighted by atomic mass is 10.0. The number of benzene rings is 1. The molecule has 0 saturated heterocycles. The molecule has 18 nitrogen and oxygen atoms in total. The van der Waals surface area contributed by atoms with Gasteiger partial charge in [-0.15, -0.1) is 0 Å². The van der Waals surface area contributed by atoms with E-state index in [2.05, 4.69) is 6.58 Å². The average molecular weight is 879 g/mol. The van der Waals surface area contributed by atoms with Gasteiger partial charge in [0.1, 0.15) is 0 Å². The summed E-state index contributed by atoms with van der Waals surface area (Å²) in [6.07, 6.45) is 0.602. The monoisotopic (exact) mass is 878 g/mol. The molecule has 0 aromatic heterocycles. The number of ether oxygens (including phenoxy) is 10. The largest absolute Gasteiger partial charge is 0.382 e. The van der Waals surface area contributed by atoms with Gasteiger partial charge in [-0.2, -0.15) is 8.42 Å². The minimum absolute atomic E-state index is 0.00108. The minimum atomic E-state index is -4.14. The van der Waals surface area contributed by atoms with Crippen LogP contribution in [0.25, 0.3) is 0 Å². The number of carbonyl (C=O) groups excluding carboxylic acids is 3. The van der Waals surface area contributed by atoms with Gasteiger partial charge in [0.05, 0.1) is 131 Å². The molecule has 0 bridgehead atoms. The zero-order valence-electron chi connectivity index (χ0n) is 36.0. The van der Waals surface area contributed by atoms with Crippen LogP contribution in [0.1, 0.15) is 53.8 Å². The maximum atomic E-state index is 13.5. The molecule has 346 valence electrons. The minimum Gasteiger partial charge on any atom is -0.382 e. The SMILES string of the molecule is C=C(CC)C(=O)c1ccc(C(=O)N(CCOCCOCCOCCOCCOCCOCCOCCOCCOCCOC)CCC(=O)N(CC)CCCS(=O)(=O)O)cc1. The molecule has 0 fully saturated rings. The topological polar surface area (TPSA) is 204 Å². The Labute approximate surface area is 356 Å². The summed E-state index contributed by atoms with van der Waals surface area (Å²) in [7, 11) is -2.50. The normalized spacial score (nSPS) is 11.5. The highest BCUT2D eigenvalue weighted by Gasteiger charge is 2.20. The second-order valence-corrected chi connectivity index (χ2v) is 14.6. The number of ketones is 1. The van der Waals surface area contributed by atoms with Gasteiger partial charge in [0.15, 0.2) is 5.78 Å². The highest BCUT2D eigenvalue weighted by atomic mass is 32.2. The van der Waals surface area contributed by atoms with Gasteiger partial charge in [0.2, 0.25) is 5.91 Å². The average Bonchev–Trinajstić information content (AvgIpc) is 3.24. The molecule has 0 aliphatic heterocycles. The van der Waals surface area contributed by atoms with E-state index >= 15 is 0 Å². The number of Topliss-reactive ketones (excluding diaryl/α,β-unsaturated/α-hetero) is 1. The summed E-state index contributed by atoms with van der Waals surface area (Å²) >= 11 is 0. The Bertz CT molecular complexity index is 1380. The maximum absolute atomic E-state index is 13.5. The van der Waals surface area contributed by atoms with Crippen molar-refractivity contribution in [1.82, 2.24) is 9.80 Å². The third-order valence-corrected chi connectivity index (χ3v) is 9.31. The molecule has 0 heterocycles. The Kier molecular flexibility index (Phi) is 33.7. The second-order valence-electron chi connectivity index (χ2n) is 13.0. The zero-order valence-corrected chi connectivity index (χ0v) is 36.8. The number of hydrogen-bond acceptors (Lipinski definition) is 15. The van der Waals surface area contributed by atoms with Crippen LogP contribution < -0.4 is 0 Å². The van der Waals surface area contributed by atoms with E-state index in [0.29, 0.717) is 142 Å². The highest BCUT2D eigenvalue weighted by molar-refractivity contribution is 7.85. The summed E-state index contributed by atoms with van der Waals surface area (Å²) < 4.78 is 85.5. The van der Waals surface area contributed by atoms with Crippen molar-refractivity contribution in [1.29, 1.82) is 0 Å². The number of nitrogens with zero attached hydrogens (tertiary/aromatic N) is 2. The van der Waals surface area contributed by atoms with Crippen molar-refractivity contribution >= 4 is 27.7 Å². The first-order chi connectivity index (χ1) is 29.0. The van der Waals surface area contributed by atoms with Gasteiger partial charge in [0, 0.05) is 50.8 Å². The maximum Gasteiger partial charge on any atom is 0.264 e. The molecule has 60 heavy (non-hydrogen) atoms. The molecule has 19 heteroatoms. The van der Waals surface area contributed by atoms with Crippen molar-refractivity contribution in [2.45, 2.75) is 33.1 Å². The van der Waals surface area contributed by atoms with E-state index < -0.39 is 15.9 Å². The molecule has 1 aromatic rings. The van der Waals surface area contributed by atoms with Gasteiger partial charge in [-0.1, -0.05) is 25.6 Å². The van der Waals surface area contributed by atoms with Crippen molar-refractivity contribution in [2.24, 2.45) is 0 Å². The number of carbonyl (C=O) groups is 3. The third kappa shape index (κ3) is 29.4. The van der Waals surface area contributed by atoms with Crippen molar-refractivity contribution < 1.29 is 74.7 Å². The number of allylic oxidation sites excluding steroid dienone is 1. The summed E-state index contributed by atoms with van der Waals surface area (Å²) in [5.41, 5.74) is 1.24. The lowest BCUT2D eigenvalue weighted by molar-refractivity contribution is -0.131. The number of hydrogen-bond donors (Lipinski definition) is 1. The molecule has 0 spiro atoms. The van der Waals surface area contributed by atoms with E-state index in [1.807, 2.05) is 6.92 Å². The number of methoxy groups -OCH3 is 1. The Hall–Kier alpha value is -2.92. The van der Waals surface area contributed by atoms with Crippen LogP contribution in [0.15, 0.2) is 36.4 Å². The van der Waals surface area contributed by atoms with Gasteiger partial charge >= 0.3 is 0 Å². The smallest absolute Gasteiger partial charge is 0.264 e. The molecule has 0 atom stereocenters. The molecule has 0 aliphatic rings. The van der Waals surface area contributed by atoms with E-state index in [-0.39, 0.29) is 63.3 Å². The van der Waals surface area contributed by atoms with Crippen LogP contribution in [0.4, 0.5) is 0 Å². The molecule has 1 rings (SSSR count). The lowest BCUT2D eigenvalue weighted by Crippen LogP contribution is -2.39. The van der Waals surface area contributed by atoms with Gasteiger partial charge in [-0.25, -0.2) is 0 Å². The molecule has 1 aromatic carbocycles. The van der Waals surface area contributed by atoms with Gasteiger partial charge in [0.25, 0.3) is 16.0 Å². The number of rotatable bonds is 42. The first kappa shape index (κ1) is 55.1. The predicted octanol–water partition coefficient (Wildman–Crippen LogP) is 2.59. The van der Waals surface area contributed by atoms with Gasteiger partial charge in [-0.3, -0.25) is 18.9 Å². The summed E-state index contributed by atoms with van der Waals surface area (Å²) in [6, 6.07) is 6.30. The third-order valence-electron chi connectivity index (χ3n) is 8.50. The van der Waals surface area contributed by atoms with Crippen LogP contribution in [-0.4, -0.2) is 205 Å². The molecule has 1 N–H and O–H groups in total. The van der Waals surface area contributed by atoms with Crippen molar-refractivity contribution in [3.8, 4) is 0 Å². The van der Waals surface area contributed by atoms with Gasteiger partial charge < -0.3 is 57.2 Å². The fourth-order valence-corrected chi connectivity index (χ4v) is 5.58. The Morgan fingerprint density at radius 2 is 0.950 bits per heavy atom. The molecule has 2 amide bonds. The lowest BCUT2D eigenvalue weighted by Gasteiger charge is -2.25. The van der Waals surface area contributed by atoms with E-state index in [4.69, 9.17) is 51.9 Å². The Morgan fingerprint density at radius 1 is 0.567 bits per heavy atom. The van der Waals surface area contributed by atoms with Crippen LogP contribution in [0.2, 0.25) is 0 Å². The summed E-state index contributed by atoms with van der Waals surface area (Å²) in [5.74, 6) is -1.23. The highest BCUT2D eigenvalue weighted by Crippen LogP contribution is 2.14. The fourth-order valence-electron chi connectivity index (χ4n) is 5.09. The Balaban J connectivity index is 2.21. The first-order valence-corrected chi connectivity index (χ1v) is 22.2. The molecular formula is C41H70N2O16S. The Morgan fingerprint density at radius 3 is 1.32 bits per heavy atom. The van der Waals surface area contributed by atoms with Crippen LogP contribution >= 0.6 is 0 Å². The van der Waals surface area contributed by atoms with Crippen LogP contribution in [0.3, 0.4) is 0 Å². The standard InChI is InChI=1S/C41H70N2O16S/c1-5-36(3)40(45)37-8-10-38(11-9-37)41(46)43(14-12-39(44)42(6-2)13-7-35-60(47,48)49)15-16-51-19-20-53-23-24-55-27-28-57-31-32-59-34-33-58-30-29-56-26-25-54-22-21-52-18-17-50-4/h8-11H,3,5-7,12-35H2,1-2,4H3,(H,47,48,49).